The minimum atomic E-state index is -0.406. The number of carbonyl (C=O) groups excluding carboxylic acids is 2. The number of hydrogen-bond acceptors (Lipinski definition) is 4. The number of aliphatic imine (C=N–C) groups is 1. The Balaban J connectivity index is 2.37. The Morgan fingerprint density at radius 2 is 1.93 bits per heavy atom. The van der Waals surface area contributed by atoms with Crippen LogP contribution in [0.5, 0.6) is 5.75 Å². The van der Waals surface area contributed by atoms with Crippen LogP contribution in [0.1, 0.15) is 26.3 Å². The van der Waals surface area contributed by atoms with Gasteiger partial charge in [0.25, 0.3) is 0 Å². The molecule has 2 rings (SSSR count). The average molecular weight is 414 g/mol. The number of carbonyl (C=O) groups is 2. The molecule has 0 saturated heterocycles. The lowest BCUT2D eigenvalue weighted by atomic mass is 10.2. The molecule has 0 aliphatic heterocycles. The van der Waals surface area contributed by atoms with E-state index in [1.807, 2.05) is 20.8 Å². The van der Waals surface area contributed by atoms with Crippen LogP contribution in [0.4, 0.5) is 14.9 Å². The van der Waals surface area contributed by atoms with Crippen LogP contribution in [0.15, 0.2) is 53.5 Å². The maximum absolute atomic E-state index is 13.2. The molecule has 8 heteroatoms. The van der Waals surface area contributed by atoms with E-state index in [1.165, 1.54) is 21.9 Å². The normalized spacial score (nSPS) is 11.2. The molecule has 160 valence electrons. The Morgan fingerprint density at radius 1 is 1.23 bits per heavy atom. The number of guanidine groups is 1. The predicted octanol–water partition coefficient (Wildman–Crippen LogP) is 3.92. The second-order valence-corrected chi connectivity index (χ2v) is 6.90. The van der Waals surface area contributed by atoms with Crippen LogP contribution in [0, 0.1) is 5.82 Å². The molecule has 3 amide bonds. The van der Waals surface area contributed by atoms with Gasteiger partial charge in [0.05, 0.1) is 18.3 Å². The van der Waals surface area contributed by atoms with Crippen LogP contribution >= 0.6 is 0 Å². The van der Waals surface area contributed by atoms with Crippen molar-refractivity contribution in [2.75, 3.05) is 13.6 Å². The molecule has 0 atom stereocenters. The van der Waals surface area contributed by atoms with Crippen molar-refractivity contribution in [2.24, 2.45) is 4.99 Å². The molecule has 1 N–H and O–H groups in total. The fourth-order valence-corrected chi connectivity index (χ4v) is 2.47. The van der Waals surface area contributed by atoms with E-state index in [9.17, 15) is 14.0 Å². The first-order valence-electron chi connectivity index (χ1n) is 9.66. The zero-order valence-corrected chi connectivity index (χ0v) is 17.6. The molecule has 0 aliphatic carbocycles. The molecule has 2 aromatic rings. The molecule has 30 heavy (non-hydrogen) atoms. The monoisotopic (exact) mass is 414 g/mol. The summed E-state index contributed by atoms with van der Waals surface area (Å²) in [7, 11) is 1.63. The van der Waals surface area contributed by atoms with Gasteiger partial charge >= 0.3 is 6.03 Å². The van der Waals surface area contributed by atoms with Gasteiger partial charge in [-0.1, -0.05) is 18.2 Å². The Bertz CT molecular complexity index is 884. The highest BCUT2D eigenvalue weighted by molar-refractivity contribution is 6.01. The van der Waals surface area contributed by atoms with Crippen molar-refractivity contribution in [3.8, 4) is 5.75 Å². The average Bonchev–Trinajstić information content (AvgIpc) is 2.72. The van der Waals surface area contributed by atoms with E-state index in [-0.39, 0.29) is 24.4 Å². The molecule has 0 saturated carbocycles. The van der Waals surface area contributed by atoms with Gasteiger partial charge in [0, 0.05) is 19.7 Å². The molecular formula is C22H27FN4O3. The van der Waals surface area contributed by atoms with Gasteiger partial charge in [-0.05, 0) is 50.6 Å². The van der Waals surface area contributed by atoms with Gasteiger partial charge in [0.15, 0.2) is 0 Å². The van der Waals surface area contributed by atoms with Crippen molar-refractivity contribution in [3.05, 3.63) is 59.9 Å². The lowest BCUT2D eigenvalue weighted by molar-refractivity contribution is -0.115. The molecule has 0 bridgehead atoms. The van der Waals surface area contributed by atoms with Gasteiger partial charge in [0.1, 0.15) is 11.6 Å². The highest BCUT2D eigenvalue weighted by Crippen LogP contribution is 2.21. The van der Waals surface area contributed by atoms with E-state index in [2.05, 4.69) is 10.3 Å². The zero-order chi connectivity index (χ0) is 22.1. The van der Waals surface area contributed by atoms with Crippen LogP contribution < -0.4 is 10.1 Å². The van der Waals surface area contributed by atoms with Gasteiger partial charge in [-0.25, -0.2) is 14.2 Å². The van der Waals surface area contributed by atoms with E-state index in [0.717, 1.165) is 0 Å². The van der Waals surface area contributed by atoms with Gasteiger partial charge < -0.3 is 9.64 Å². The minimum Gasteiger partial charge on any atom is -0.491 e. The summed E-state index contributed by atoms with van der Waals surface area (Å²) < 4.78 is 18.9. The predicted molar refractivity (Wildman–Crippen MR) is 114 cm³/mol. The third-order valence-corrected chi connectivity index (χ3v) is 4.13. The van der Waals surface area contributed by atoms with Crippen LogP contribution in [-0.4, -0.2) is 47.9 Å². The number of rotatable bonds is 7. The number of ether oxygens (including phenoxy) is 1. The highest BCUT2D eigenvalue weighted by Gasteiger charge is 2.17. The number of nitrogens with zero attached hydrogens (tertiary/aromatic N) is 3. The smallest absolute Gasteiger partial charge is 0.323 e. The summed E-state index contributed by atoms with van der Waals surface area (Å²) in [5.74, 6) is 0.310. The number of amides is 3. The number of benzene rings is 2. The quantitative estimate of drug-likeness (QED) is 0.424. The van der Waals surface area contributed by atoms with E-state index in [1.54, 1.807) is 43.4 Å². The van der Waals surface area contributed by atoms with E-state index in [4.69, 9.17) is 4.74 Å². The maximum Gasteiger partial charge on any atom is 0.323 e. The van der Waals surface area contributed by atoms with Crippen molar-refractivity contribution < 1.29 is 18.7 Å². The lowest BCUT2D eigenvalue weighted by Crippen LogP contribution is -2.47. The van der Waals surface area contributed by atoms with E-state index in [0.29, 0.717) is 30.0 Å². The number of nitrogens with one attached hydrogen (secondary N) is 1. The summed E-state index contributed by atoms with van der Waals surface area (Å²) >= 11 is 0. The summed E-state index contributed by atoms with van der Waals surface area (Å²) in [6.07, 6.45) is 0.564. The Labute approximate surface area is 176 Å². The van der Waals surface area contributed by atoms with Crippen molar-refractivity contribution >= 4 is 24.1 Å². The first-order valence-corrected chi connectivity index (χ1v) is 9.66. The molecule has 0 aromatic heterocycles. The van der Waals surface area contributed by atoms with Crippen LogP contribution in [0.25, 0.3) is 0 Å². The van der Waals surface area contributed by atoms with Gasteiger partial charge in [0.2, 0.25) is 12.4 Å². The number of halogens is 1. The lowest BCUT2D eigenvalue weighted by Gasteiger charge is -2.23. The largest absolute Gasteiger partial charge is 0.491 e. The highest BCUT2D eigenvalue weighted by atomic mass is 19.1. The molecule has 7 nitrogen and oxygen atoms in total. The maximum atomic E-state index is 13.2. The Kier molecular flexibility index (Phi) is 8.34. The van der Waals surface area contributed by atoms with Crippen LogP contribution in [0.3, 0.4) is 0 Å². The fraction of sp³-hybridized carbons (Fsp3) is 0.318. The van der Waals surface area contributed by atoms with Crippen LogP contribution in [-0.2, 0) is 11.3 Å². The summed E-state index contributed by atoms with van der Waals surface area (Å²) in [5.41, 5.74) is 1.19. The third kappa shape index (κ3) is 6.88. The molecule has 0 unspecified atom stereocenters. The zero-order valence-electron chi connectivity index (χ0n) is 17.6. The molecule has 0 heterocycles. The van der Waals surface area contributed by atoms with Crippen molar-refractivity contribution in [3.63, 3.8) is 0 Å². The topological polar surface area (TPSA) is 74.2 Å². The second kappa shape index (κ2) is 10.9. The first kappa shape index (κ1) is 22.9. The number of hydrogen-bond donors (Lipinski definition) is 1. The molecule has 2 aromatic carbocycles. The Hall–Kier alpha value is -3.42. The third-order valence-electron chi connectivity index (χ3n) is 4.13. The van der Waals surface area contributed by atoms with Gasteiger partial charge in [-0.15, -0.1) is 0 Å². The number of urea groups is 1. The van der Waals surface area contributed by atoms with Crippen molar-refractivity contribution in [2.45, 2.75) is 33.4 Å². The standard InChI is InChI=1S/C22H27FN4O3/c1-5-26(4)22(29)25-21(24-19-7-6-8-20(13-19)30-16(2)3)27(15-28)14-17-9-11-18(23)12-10-17/h6-13,15-16H,5,14H2,1-4H3,(H,24,25,29). The van der Waals surface area contributed by atoms with E-state index < -0.39 is 6.03 Å². The van der Waals surface area contributed by atoms with Crippen molar-refractivity contribution in [1.82, 2.24) is 15.1 Å². The van der Waals surface area contributed by atoms with Crippen LogP contribution in [0.2, 0.25) is 0 Å². The van der Waals surface area contributed by atoms with Gasteiger partial charge in [-0.2, -0.15) is 0 Å². The fourth-order valence-electron chi connectivity index (χ4n) is 2.47. The molecule has 0 spiro atoms. The second-order valence-electron chi connectivity index (χ2n) is 6.90. The first-order chi connectivity index (χ1) is 14.3. The van der Waals surface area contributed by atoms with Crippen molar-refractivity contribution in [1.29, 1.82) is 0 Å². The Morgan fingerprint density at radius 3 is 2.53 bits per heavy atom. The summed E-state index contributed by atoms with van der Waals surface area (Å²) in [4.78, 5) is 31.4. The summed E-state index contributed by atoms with van der Waals surface area (Å²) in [6.45, 7) is 6.26. The summed E-state index contributed by atoms with van der Waals surface area (Å²) in [6, 6.07) is 12.4. The van der Waals surface area contributed by atoms with Gasteiger partial charge in [-0.3, -0.25) is 15.0 Å². The molecule has 0 aliphatic rings. The van der Waals surface area contributed by atoms with E-state index >= 15 is 0 Å². The molecule has 0 fully saturated rings. The SMILES string of the molecule is CCN(C)C(=O)NC(=Nc1cccc(OC(C)C)c1)N(C=O)Cc1ccc(F)cc1. The summed E-state index contributed by atoms with van der Waals surface area (Å²) in [5, 5.41) is 2.68. The molecular weight excluding hydrogens is 387 g/mol. The minimum absolute atomic E-state index is 0.00782. The molecule has 0 radical (unpaired) electrons.